The second kappa shape index (κ2) is 7.73. The molecule has 2 aromatic heterocycles. The van der Waals surface area contributed by atoms with E-state index < -0.39 is 18.7 Å². The molecule has 0 saturated carbocycles. The van der Waals surface area contributed by atoms with Gasteiger partial charge in [-0.15, -0.1) is 0 Å². The summed E-state index contributed by atoms with van der Waals surface area (Å²) in [4.78, 5) is 17.3. The Morgan fingerprint density at radius 2 is 1.97 bits per heavy atom. The minimum Gasteiger partial charge on any atom is -0.482 e. The number of nitrogens with one attached hydrogen (secondary N) is 1. The number of carbonyl (C=O) groups excluding carboxylic acids is 1. The number of alkyl halides is 3. The number of pyridine rings is 1. The van der Waals surface area contributed by atoms with Gasteiger partial charge in [-0.3, -0.25) is 4.79 Å². The number of aryl methyl sites for hydroxylation is 2. The number of halogens is 3. The summed E-state index contributed by atoms with van der Waals surface area (Å²) in [6, 6.07) is 6.42. The van der Waals surface area contributed by atoms with Crippen molar-refractivity contribution >= 4 is 22.6 Å². The van der Waals surface area contributed by atoms with Crippen LogP contribution >= 0.6 is 0 Å². The van der Waals surface area contributed by atoms with Crippen molar-refractivity contribution in [2.45, 2.75) is 39.9 Å². The first kappa shape index (κ1) is 20.6. The summed E-state index contributed by atoms with van der Waals surface area (Å²) in [5, 5.41) is 7.62. The van der Waals surface area contributed by atoms with Gasteiger partial charge in [0.25, 0.3) is 5.91 Å². The first-order chi connectivity index (χ1) is 13.5. The Labute approximate surface area is 165 Å². The molecule has 0 bridgehead atoms. The molecule has 29 heavy (non-hydrogen) atoms. The van der Waals surface area contributed by atoms with Gasteiger partial charge in [-0.05, 0) is 51.5 Å². The largest absolute Gasteiger partial charge is 0.482 e. The van der Waals surface area contributed by atoms with Crippen molar-refractivity contribution in [3.63, 3.8) is 0 Å². The van der Waals surface area contributed by atoms with Gasteiger partial charge < -0.3 is 10.1 Å². The summed E-state index contributed by atoms with van der Waals surface area (Å²) >= 11 is 0. The highest BCUT2D eigenvalue weighted by atomic mass is 19.4. The molecule has 0 spiro atoms. The number of benzene rings is 1. The molecule has 0 saturated heterocycles. The summed E-state index contributed by atoms with van der Waals surface area (Å²) in [5.41, 5.74) is 2.33. The predicted octanol–water partition coefficient (Wildman–Crippen LogP) is 4.82. The number of hydrogen-bond acceptors (Lipinski definition) is 4. The van der Waals surface area contributed by atoms with Gasteiger partial charge in [0, 0.05) is 11.4 Å². The smallest absolute Gasteiger partial charge is 0.422 e. The Kier molecular flexibility index (Phi) is 5.50. The zero-order chi connectivity index (χ0) is 21.3. The standard InChI is InChI=1S/C20H21F3N4O2/c1-11(2)27-18-14(9-24-27)8-15(13(4)25-18)19(28)26-16-6-5-12(3)7-17(16)29-10-20(21,22)23/h5-9,11H,10H2,1-4H3,(H,26,28). The fourth-order valence-corrected chi connectivity index (χ4v) is 2.87. The van der Waals surface area contributed by atoms with Crippen molar-refractivity contribution in [2.24, 2.45) is 0 Å². The van der Waals surface area contributed by atoms with Crippen molar-refractivity contribution in [1.29, 1.82) is 0 Å². The van der Waals surface area contributed by atoms with E-state index in [0.717, 1.165) is 0 Å². The predicted molar refractivity (Wildman–Crippen MR) is 103 cm³/mol. The van der Waals surface area contributed by atoms with Gasteiger partial charge in [-0.2, -0.15) is 18.3 Å². The molecule has 3 aromatic rings. The maximum atomic E-state index is 12.8. The maximum absolute atomic E-state index is 12.8. The summed E-state index contributed by atoms with van der Waals surface area (Å²) in [6.45, 7) is 5.93. The molecule has 2 heterocycles. The van der Waals surface area contributed by atoms with Crippen LogP contribution in [0.5, 0.6) is 5.75 Å². The summed E-state index contributed by atoms with van der Waals surface area (Å²) in [7, 11) is 0. The number of aromatic nitrogens is 3. The van der Waals surface area contributed by atoms with Crippen LogP contribution in [0.2, 0.25) is 0 Å². The first-order valence-electron chi connectivity index (χ1n) is 9.01. The molecule has 0 aliphatic rings. The highest BCUT2D eigenvalue weighted by Gasteiger charge is 2.29. The zero-order valence-corrected chi connectivity index (χ0v) is 16.5. The third-order valence-electron chi connectivity index (χ3n) is 4.27. The fourth-order valence-electron chi connectivity index (χ4n) is 2.87. The van der Waals surface area contributed by atoms with Crippen LogP contribution in [0, 0.1) is 13.8 Å². The monoisotopic (exact) mass is 406 g/mol. The Bertz CT molecular complexity index is 1060. The van der Waals surface area contributed by atoms with Gasteiger partial charge in [-0.25, -0.2) is 9.67 Å². The lowest BCUT2D eigenvalue weighted by Gasteiger charge is -2.15. The van der Waals surface area contributed by atoms with E-state index in [1.54, 1.807) is 36.9 Å². The average Bonchev–Trinajstić information content (AvgIpc) is 3.03. The van der Waals surface area contributed by atoms with Crippen molar-refractivity contribution in [3.8, 4) is 5.75 Å². The van der Waals surface area contributed by atoms with Gasteiger partial charge in [0.1, 0.15) is 5.75 Å². The molecule has 3 rings (SSSR count). The van der Waals surface area contributed by atoms with Crippen molar-refractivity contribution in [2.75, 3.05) is 11.9 Å². The molecular weight excluding hydrogens is 385 g/mol. The van der Waals surface area contributed by atoms with E-state index in [0.29, 0.717) is 27.9 Å². The van der Waals surface area contributed by atoms with Crippen LogP contribution in [0.25, 0.3) is 11.0 Å². The van der Waals surface area contributed by atoms with Gasteiger partial charge in [0.15, 0.2) is 12.3 Å². The first-order valence-corrected chi connectivity index (χ1v) is 9.01. The zero-order valence-electron chi connectivity index (χ0n) is 16.5. The summed E-state index contributed by atoms with van der Waals surface area (Å²) < 4.78 is 44.2. The molecule has 9 heteroatoms. The maximum Gasteiger partial charge on any atom is 0.422 e. The van der Waals surface area contributed by atoms with Gasteiger partial charge in [0.2, 0.25) is 0 Å². The normalized spacial score (nSPS) is 11.9. The van der Waals surface area contributed by atoms with Crippen LogP contribution in [0.3, 0.4) is 0 Å². The second-order valence-electron chi connectivity index (χ2n) is 7.07. The van der Waals surface area contributed by atoms with Crippen LogP contribution < -0.4 is 10.1 Å². The van der Waals surface area contributed by atoms with E-state index in [1.807, 2.05) is 13.8 Å². The SMILES string of the molecule is Cc1ccc(NC(=O)c2cc3cnn(C(C)C)c3nc2C)c(OCC(F)(F)F)c1. The van der Waals surface area contributed by atoms with Gasteiger partial charge in [0.05, 0.1) is 23.1 Å². The number of anilines is 1. The molecule has 0 aliphatic heterocycles. The fraction of sp³-hybridized carbons (Fsp3) is 0.350. The van der Waals surface area contributed by atoms with E-state index in [1.165, 1.54) is 12.1 Å². The van der Waals surface area contributed by atoms with Crippen molar-refractivity contribution in [1.82, 2.24) is 14.8 Å². The van der Waals surface area contributed by atoms with Crippen molar-refractivity contribution in [3.05, 3.63) is 47.3 Å². The van der Waals surface area contributed by atoms with Crippen LogP contribution in [0.15, 0.2) is 30.5 Å². The Morgan fingerprint density at radius 3 is 2.62 bits per heavy atom. The molecule has 0 fully saturated rings. The van der Waals surface area contributed by atoms with E-state index in [9.17, 15) is 18.0 Å². The minimum atomic E-state index is -4.48. The Hall–Kier alpha value is -3.10. The minimum absolute atomic E-state index is 0.0463. The molecule has 154 valence electrons. The third-order valence-corrected chi connectivity index (χ3v) is 4.27. The molecule has 1 amide bonds. The number of nitrogens with zero attached hydrogens (tertiary/aromatic N) is 3. The number of carbonyl (C=O) groups is 1. The summed E-state index contributed by atoms with van der Waals surface area (Å²) in [5.74, 6) is -0.537. The molecule has 0 radical (unpaired) electrons. The molecule has 1 N–H and O–H groups in total. The third kappa shape index (κ3) is 4.67. The second-order valence-corrected chi connectivity index (χ2v) is 7.07. The average molecular weight is 406 g/mol. The number of rotatable bonds is 5. The van der Waals surface area contributed by atoms with Crippen LogP contribution in [-0.2, 0) is 0 Å². The Balaban J connectivity index is 1.90. The number of ether oxygens (including phenoxy) is 1. The Morgan fingerprint density at radius 1 is 1.24 bits per heavy atom. The number of amides is 1. The van der Waals surface area contributed by atoms with Crippen LogP contribution in [0.4, 0.5) is 18.9 Å². The lowest BCUT2D eigenvalue weighted by Crippen LogP contribution is -2.21. The highest BCUT2D eigenvalue weighted by Crippen LogP contribution is 2.29. The molecule has 0 aliphatic carbocycles. The topological polar surface area (TPSA) is 69.0 Å². The van der Waals surface area contributed by atoms with E-state index in [2.05, 4.69) is 15.4 Å². The molecule has 0 unspecified atom stereocenters. The molecule has 1 aromatic carbocycles. The van der Waals surface area contributed by atoms with Gasteiger partial charge in [-0.1, -0.05) is 6.07 Å². The molecular formula is C20H21F3N4O2. The van der Waals surface area contributed by atoms with Gasteiger partial charge >= 0.3 is 6.18 Å². The molecule has 0 atom stereocenters. The summed E-state index contributed by atoms with van der Waals surface area (Å²) in [6.07, 6.45) is -2.85. The number of fused-ring (bicyclic) bond motifs is 1. The van der Waals surface area contributed by atoms with Crippen LogP contribution in [0.1, 0.15) is 41.5 Å². The highest BCUT2D eigenvalue weighted by molar-refractivity contribution is 6.07. The lowest BCUT2D eigenvalue weighted by molar-refractivity contribution is -0.153. The van der Waals surface area contributed by atoms with E-state index >= 15 is 0 Å². The van der Waals surface area contributed by atoms with Crippen LogP contribution in [-0.4, -0.2) is 33.5 Å². The van der Waals surface area contributed by atoms with Crippen molar-refractivity contribution < 1.29 is 22.7 Å². The van der Waals surface area contributed by atoms with E-state index in [4.69, 9.17) is 4.74 Å². The quantitative estimate of drug-likeness (QED) is 0.659. The molecule has 6 nitrogen and oxygen atoms in total. The lowest BCUT2D eigenvalue weighted by atomic mass is 10.1. The number of hydrogen-bond donors (Lipinski definition) is 1. The van der Waals surface area contributed by atoms with E-state index in [-0.39, 0.29) is 17.5 Å².